The van der Waals surface area contributed by atoms with Crippen molar-refractivity contribution < 1.29 is 9.59 Å². The van der Waals surface area contributed by atoms with Gasteiger partial charge in [0.1, 0.15) is 11.6 Å². The van der Waals surface area contributed by atoms with Gasteiger partial charge in [-0.15, -0.1) is 0 Å². The Balaban J connectivity index is 1.60. The number of thioether (sulfide) groups is 1. The van der Waals surface area contributed by atoms with Crippen LogP contribution < -0.4 is 10.2 Å². The number of nitrogens with zero attached hydrogens (tertiary/aromatic N) is 3. The molecule has 0 radical (unpaired) electrons. The number of rotatable bonds is 4. The molecular formula is C21H19BrN4O2S. The third-order valence-electron chi connectivity index (χ3n) is 4.64. The molecule has 0 saturated heterocycles. The number of carbonyl (C=O) groups excluding carboxylic acids is 2. The van der Waals surface area contributed by atoms with Gasteiger partial charge in [0.05, 0.1) is 22.8 Å². The van der Waals surface area contributed by atoms with Gasteiger partial charge in [0.2, 0.25) is 11.8 Å². The van der Waals surface area contributed by atoms with Crippen LogP contribution in [0, 0.1) is 13.8 Å². The van der Waals surface area contributed by atoms with Crippen molar-refractivity contribution in [1.29, 1.82) is 0 Å². The average molecular weight is 471 g/mol. The third-order valence-corrected chi connectivity index (χ3v) is 6.56. The number of amides is 2. The van der Waals surface area contributed by atoms with Crippen LogP contribution in [-0.2, 0) is 9.59 Å². The van der Waals surface area contributed by atoms with Crippen molar-refractivity contribution in [3.05, 3.63) is 64.3 Å². The molecule has 29 heavy (non-hydrogen) atoms. The van der Waals surface area contributed by atoms with Crippen molar-refractivity contribution in [2.75, 3.05) is 22.5 Å². The zero-order valence-corrected chi connectivity index (χ0v) is 18.4. The SMILES string of the molecule is Cc1cc(NC(=O)CN2C(=O)CSc3c2c(C)nn3-c2ccccc2)ccc1Br. The largest absolute Gasteiger partial charge is 0.325 e. The van der Waals surface area contributed by atoms with Crippen molar-refractivity contribution >= 4 is 50.9 Å². The number of fused-ring (bicyclic) bond motifs is 1. The summed E-state index contributed by atoms with van der Waals surface area (Å²) in [5.74, 6) is -0.0690. The third kappa shape index (κ3) is 3.95. The highest BCUT2D eigenvalue weighted by molar-refractivity contribution is 9.10. The summed E-state index contributed by atoms with van der Waals surface area (Å²) in [6.07, 6.45) is 0. The average Bonchev–Trinajstić information content (AvgIpc) is 3.04. The van der Waals surface area contributed by atoms with E-state index >= 15 is 0 Å². The lowest BCUT2D eigenvalue weighted by Gasteiger charge is -2.27. The standard InChI is InChI=1S/C21H19BrN4O2S/c1-13-10-15(8-9-17(13)22)23-18(27)11-25-19(28)12-29-21-20(25)14(2)24-26(21)16-6-4-3-5-7-16/h3-10H,11-12H2,1-2H3,(H,23,27). The highest BCUT2D eigenvalue weighted by Gasteiger charge is 2.32. The van der Waals surface area contributed by atoms with E-state index in [-0.39, 0.29) is 24.1 Å². The lowest BCUT2D eigenvalue weighted by molar-refractivity contribution is -0.120. The Hall–Kier alpha value is -2.58. The smallest absolute Gasteiger partial charge is 0.244 e. The van der Waals surface area contributed by atoms with Gasteiger partial charge in [-0.1, -0.05) is 45.9 Å². The van der Waals surface area contributed by atoms with Crippen LogP contribution in [0.2, 0.25) is 0 Å². The number of aromatic nitrogens is 2. The van der Waals surface area contributed by atoms with Crippen LogP contribution in [0.1, 0.15) is 11.3 Å². The first-order chi connectivity index (χ1) is 13.9. The fourth-order valence-electron chi connectivity index (χ4n) is 3.25. The summed E-state index contributed by atoms with van der Waals surface area (Å²) >= 11 is 4.90. The highest BCUT2D eigenvalue weighted by Crippen LogP contribution is 2.39. The Morgan fingerprint density at radius 1 is 1.21 bits per heavy atom. The molecule has 1 aliphatic heterocycles. The van der Waals surface area contributed by atoms with Gasteiger partial charge in [-0.2, -0.15) is 5.10 Å². The summed E-state index contributed by atoms with van der Waals surface area (Å²) in [5, 5.41) is 8.38. The monoisotopic (exact) mass is 470 g/mol. The van der Waals surface area contributed by atoms with Crippen molar-refractivity contribution in [3.8, 4) is 5.69 Å². The molecule has 0 spiro atoms. The molecule has 3 aromatic rings. The normalized spacial score (nSPS) is 13.3. The summed E-state index contributed by atoms with van der Waals surface area (Å²) in [4.78, 5) is 26.8. The molecule has 1 N–H and O–H groups in total. The minimum Gasteiger partial charge on any atom is -0.325 e. The molecule has 8 heteroatoms. The molecule has 2 aromatic carbocycles. The van der Waals surface area contributed by atoms with Crippen LogP contribution in [-0.4, -0.2) is 33.9 Å². The van der Waals surface area contributed by atoms with Crippen LogP contribution in [0.4, 0.5) is 11.4 Å². The summed E-state index contributed by atoms with van der Waals surface area (Å²) < 4.78 is 2.82. The molecule has 0 aliphatic carbocycles. The fourth-order valence-corrected chi connectivity index (χ4v) is 4.57. The summed E-state index contributed by atoms with van der Waals surface area (Å²) in [6.45, 7) is 3.77. The number of hydrogen-bond acceptors (Lipinski definition) is 4. The maximum absolute atomic E-state index is 12.7. The minimum absolute atomic E-state index is 0.0528. The predicted octanol–water partition coefficient (Wildman–Crippen LogP) is 4.33. The number of anilines is 2. The van der Waals surface area contributed by atoms with Gasteiger partial charge in [-0.25, -0.2) is 4.68 Å². The van der Waals surface area contributed by atoms with E-state index in [4.69, 9.17) is 0 Å². The Kier molecular flexibility index (Phi) is 5.47. The zero-order chi connectivity index (χ0) is 20.5. The predicted molar refractivity (Wildman–Crippen MR) is 119 cm³/mol. The molecule has 1 aliphatic rings. The lowest BCUT2D eigenvalue weighted by atomic mass is 10.2. The molecule has 2 heterocycles. The van der Waals surface area contributed by atoms with E-state index < -0.39 is 0 Å². The van der Waals surface area contributed by atoms with Gasteiger partial charge in [0.15, 0.2) is 0 Å². The van der Waals surface area contributed by atoms with Crippen molar-refractivity contribution in [2.45, 2.75) is 18.9 Å². The Labute approximate surface area is 181 Å². The van der Waals surface area contributed by atoms with Gasteiger partial charge >= 0.3 is 0 Å². The molecule has 2 amide bonds. The van der Waals surface area contributed by atoms with Crippen LogP contribution in [0.5, 0.6) is 0 Å². The van der Waals surface area contributed by atoms with Crippen LogP contribution >= 0.6 is 27.7 Å². The second-order valence-corrected chi connectivity index (χ2v) is 8.59. The molecule has 0 unspecified atom stereocenters. The van der Waals surface area contributed by atoms with Gasteiger partial charge in [0, 0.05) is 10.2 Å². The number of nitrogens with one attached hydrogen (secondary N) is 1. The quantitative estimate of drug-likeness (QED) is 0.615. The minimum atomic E-state index is -0.246. The number of aryl methyl sites for hydroxylation is 2. The summed E-state index contributed by atoms with van der Waals surface area (Å²) in [5.41, 5.74) is 4.07. The van der Waals surface area contributed by atoms with Crippen molar-refractivity contribution in [2.24, 2.45) is 0 Å². The van der Waals surface area contributed by atoms with Crippen molar-refractivity contribution in [1.82, 2.24) is 9.78 Å². The van der Waals surface area contributed by atoms with Gasteiger partial charge in [0.25, 0.3) is 0 Å². The van der Waals surface area contributed by atoms with E-state index in [1.807, 2.05) is 67.1 Å². The number of halogens is 1. The maximum Gasteiger partial charge on any atom is 0.244 e. The Morgan fingerprint density at radius 2 is 1.97 bits per heavy atom. The molecule has 1 aromatic heterocycles. The van der Waals surface area contributed by atoms with Crippen molar-refractivity contribution in [3.63, 3.8) is 0 Å². The molecule has 6 nitrogen and oxygen atoms in total. The van der Waals surface area contributed by atoms with E-state index in [9.17, 15) is 9.59 Å². The fraction of sp³-hybridized carbons (Fsp3) is 0.190. The highest BCUT2D eigenvalue weighted by atomic mass is 79.9. The molecular weight excluding hydrogens is 452 g/mol. The molecule has 0 fully saturated rings. The maximum atomic E-state index is 12.7. The number of hydrogen-bond donors (Lipinski definition) is 1. The summed E-state index contributed by atoms with van der Waals surface area (Å²) in [7, 11) is 0. The molecule has 0 atom stereocenters. The zero-order valence-electron chi connectivity index (χ0n) is 16.0. The van der Waals surface area contributed by atoms with E-state index in [0.29, 0.717) is 11.4 Å². The van der Waals surface area contributed by atoms with Gasteiger partial charge in [-0.05, 0) is 49.7 Å². The van der Waals surface area contributed by atoms with E-state index in [2.05, 4.69) is 26.3 Å². The van der Waals surface area contributed by atoms with E-state index in [1.54, 1.807) is 0 Å². The van der Waals surface area contributed by atoms with Gasteiger partial charge < -0.3 is 5.32 Å². The first-order valence-corrected chi connectivity index (χ1v) is 10.9. The summed E-state index contributed by atoms with van der Waals surface area (Å²) in [6, 6.07) is 15.4. The number of para-hydroxylation sites is 1. The van der Waals surface area contributed by atoms with Crippen LogP contribution in [0.15, 0.2) is 58.0 Å². The Morgan fingerprint density at radius 3 is 2.69 bits per heavy atom. The molecule has 4 rings (SSSR count). The first kappa shape index (κ1) is 19.7. The second kappa shape index (κ2) is 8.04. The topological polar surface area (TPSA) is 67.2 Å². The molecule has 148 valence electrons. The first-order valence-electron chi connectivity index (χ1n) is 9.08. The number of carbonyl (C=O) groups is 2. The van der Waals surface area contributed by atoms with Crippen LogP contribution in [0.3, 0.4) is 0 Å². The number of benzene rings is 2. The Bertz CT molecular complexity index is 1100. The van der Waals surface area contributed by atoms with Crippen LogP contribution in [0.25, 0.3) is 5.69 Å². The second-order valence-electron chi connectivity index (χ2n) is 6.77. The van der Waals surface area contributed by atoms with E-state index in [1.165, 1.54) is 16.7 Å². The molecule has 0 bridgehead atoms. The van der Waals surface area contributed by atoms with Gasteiger partial charge in [-0.3, -0.25) is 14.5 Å². The lowest BCUT2D eigenvalue weighted by Crippen LogP contribution is -2.41. The van der Waals surface area contributed by atoms with E-state index in [0.717, 1.165) is 26.4 Å². The molecule has 0 saturated carbocycles.